The van der Waals surface area contributed by atoms with E-state index >= 15 is 0 Å². The molecule has 1 aromatic heterocycles. The molecular weight excluding hydrogens is 308 g/mol. The average Bonchev–Trinajstić information content (AvgIpc) is 3.10. The van der Waals surface area contributed by atoms with Crippen LogP contribution in [0.1, 0.15) is 42.6 Å². The van der Waals surface area contributed by atoms with E-state index in [4.69, 9.17) is 4.74 Å². The second-order valence-electron chi connectivity index (χ2n) is 7.33. The van der Waals surface area contributed by atoms with Gasteiger partial charge in [-0.15, -0.1) is 0 Å². The lowest BCUT2D eigenvalue weighted by molar-refractivity contribution is -0.170. The van der Waals surface area contributed by atoms with E-state index in [1.54, 1.807) is 12.3 Å². The molecule has 1 N–H and O–H groups in total. The van der Waals surface area contributed by atoms with Crippen molar-refractivity contribution in [1.29, 1.82) is 0 Å². The predicted octanol–water partition coefficient (Wildman–Crippen LogP) is 1.04. The molecule has 1 aromatic rings. The maximum atomic E-state index is 12.2. The van der Waals surface area contributed by atoms with Crippen molar-refractivity contribution in [1.82, 2.24) is 20.0 Å². The van der Waals surface area contributed by atoms with Crippen LogP contribution in [0.2, 0.25) is 0 Å². The number of amides is 2. The smallest absolute Gasteiger partial charge is 0.272 e. The minimum Gasteiger partial charge on any atom is -0.371 e. The highest BCUT2D eigenvalue weighted by Crippen LogP contribution is 2.37. The summed E-state index contributed by atoms with van der Waals surface area (Å²) in [6.45, 7) is 3.72. The normalized spacial score (nSPS) is 26.5. The standard InChI is InChI=1S/C17H24N4O3/c22-15-3-1-2-8-20(15)9-13-4-6-17(24-10-13)11-21(12-17)16(23)14-5-7-18-19-14/h5,7,13H,1-4,6,8-12H2,(H,18,19)/t13-/m1/s1. The lowest BCUT2D eigenvalue weighted by atomic mass is 9.82. The molecule has 0 aliphatic carbocycles. The third kappa shape index (κ3) is 2.92. The van der Waals surface area contributed by atoms with Crippen LogP contribution >= 0.6 is 0 Å². The van der Waals surface area contributed by atoms with Gasteiger partial charge in [0.1, 0.15) is 11.3 Å². The number of carbonyl (C=O) groups is 2. The molecular formula is C17H24N4O3. The fourth-order valence-electron chi connectivity index (χ4n) is 4.02. The highest BCUT2D eigenvalue weighted by molar-refractivity contribution is 5.92. The minimum absolute atomic E-state index is 0.0113. The molecule has 7 heteroatoms. The molecule has 4 heterocycles. The Kier molecular flexibility index (Phi) is 4.04. The van der Waals surface area contributed by atoms with Crippen LogP contribution in [-0.2, 0) is 9.53 Å². The van der Waals surface area contributed by atoms with Gasteiger partial charge in [0.05, 0.1) is 19.7 Å². The fraction of sp³-hybridized carbons (Fsp3) is 0.706. The number of nitrogens with one attached hydrogen (secondary N) is 1. The van der Waals surface area contributed by atoms with E-state index < -0.39 is 0 Å². The number of aromatic amines is 1. The van der Waals surface area contributed by atoms with Crippen LogP contribution in [0.4, 0.5) is 0 Å². The summed E-state index contributed by atoms with van der Waals surface area (Å²) >= 11 is 0. The highest BCUT2D eigenvalue weighted by Gasteiger charge is 2.48. The third-order valence-corrected chi connectivity index (χ3v) is 5.51. The number of hydrogen-bond acceptors (Lipinski definition) is 4. The van der Waals surface area contributed by atoms with Gasteiger partial charge in [0.15, 0.2) is 0 Å². The zero-order valence-electron chi connectivity index (χ0n) is 13.9. The van der Waals surface area contributed by atoms with E-state index in [0.717, 1.165) is 38.8 Å². The van der Waals surface area contributed by atoms with Crippen LogP contribution in [0.15, 0.2) is 12.3 Å². The molecule has 3 fully saturated rings. The Labute approximate surface area is 141 Å². The molecule has 3 aliphatic heterocycles. The van der Waals surface area contributed by atoms with Crippen molar-refractivity contribution in [2.24, 2.45) is 5.92 Å². The van der Waals surface area contributed by atoms with Crippen LogP contribution in [0.3, 0.4) is 0 Å². The Hall–Kier alpha value is -1.89. The van der Waals surface area contributed by atoms with Crippen LogP contribution in [0.5, 0.6) is 0 Å². The van der Waals surface area contributed by atoms with E-state index in [1.807, 2.05) is 9.80 Å². The lowest BCUT2D eigenvalue weighted by Crippen LogP contribution is -2.66. The number of ether oxygens (including phenoxy) is 1. The fourth-order valence-corrected chi connectivity index (χ4v) is 4.02. The summed E-state index contributed by atoms with van der Waals surface area (Å²) in [5, 5.41) is 6.54. The van der Waals surface area contributed by atoms with E-state index in [0.29, 0.717) is 43.6 Å². The van der Waals surface area contributed by atoms with Crippen LogP contribution < -0.4 is 0 Å². The maximum Gasteiger partial charge on any atom is 0.272 e. The van der Waals surface area contributed by atoms with Crippen LogP contribution in [0, 0.1) is 5.92 Å². The SMILES string of the molecule is O=C1CCCCN1C[C@H]1CCC2(CN(C(=O)c3ccn[nH]3)C2)OC1. The molecule has 130 valence electrons. The summed E-state index contributed by atoms with van der Waals surface area (Å²) in [5.74, 6) is 0.708. The summed E-state index contributed by atoms with van der Waals surface area (Å²) < 4.78 is 6.13. The van der Waals surface area contributed by atoms with Gasteiger partial charge in [-0.05, 0) is 31.7 Å². The summed E-state index contributed by atoms with van der Waals surface area (Å²) in [6, 6.07) is 1.70. The highest BCUT2D eigenvalue weighted by atomic mass is 16.5. The quantitative estimate of drug-likeness (QED) is 0.897. The van der Waals surface area contributed by atoms with Gasteiger partial charge in [-0.3, -0.25) is 14.7 Å². The molecule has 3 aliphatic rings. The van der Waals surface area contributed by atoms with E-state index in [9.17, 15) is 9.59 Å². The first-order valence-corrected chi connectivity index (χ1v) is 8.86. The van der Waals surface area contributed by atoms with E-state index in [1.165, 1.54) is 0 Å². The summed E-state index contributed by atoms with van der Waals surface area (Å²) in [5.41, 5.74) is 0.361. The first kappa shape index (κ1) is 15.6. The van der Waals surface area contributed by atoms with Gasteiger partial charge in [0.25, 0.3) is 5.91 Å². The molecule has 0 radical (unpaired) electrons. The molecule has 1 spiro atoms. The van der Waals surface area contributed by atoms with E-state index in [-0.39, 0.29) is 11.5 Å². The number of likely N-dealkylation sites (tertiary alicyclic amines) is 2. The topological polar surface area (TPSA) is 78.5 Å². The molecule has 24 heavy (non-hydrogen) atoms. The minimum atomic E-state index is -0.169. The van der Waals surface area contributed by atoms with Crippen molar-refractivity contribution in [3.63, 3.8) is 0 Å². The van der Waals surface area contributed by atoms with Crippen LogP contribution in [0.25, 0.3) is 0 Å². The molecule has 4 rings (SSSR count). The number of hydrogen-bond donors (Lipinski definition) is 1. The molecule has 0 unspecified atom stereocenters. The molecule has 0 aromatic carbocycles. The summed E-state index contributed by atoms with van der Waals surface area (Å²) in [4.78, 5) is 28.0. The maximum absolute atomic E-state index is 12.2. The lowest BCUT2D eigenvalue weighted by Gasteiger charge is -2.52. The van der Waals surface area contributed by atoms with Gasteiger partial charge >= 0.3 is 0 Å². The summed E-state index contributed by atoms with van der Waals surface area (Å²) in [7, 11) is 0. The Balaban J connectivity index is 1.25. The van der Waals surface area contributed by atoms with Crippen molar-refractivity contribution in [2.45, 2.75) is 37.7 Å². The zero-order valence-corrected chi connectivity index (χ0v) is 13.9. The van der Waals surface area contributed by atoms with Crippen molar-refractivity contribution in [2.75, 3.05) is 32.8 Å². The van der Waals surface area contributed by atoms with Crippen molar-refractivity contribution in [3.05, 3.63) is 18.0 Å². The molecule has 1 atom stereocenters. The number of carbonyl (C=O) groups excluding carboxylic acids is 2. The molecule has 7 nitrogen and oxygen atoms in total. The molecule has 0 bridgehead atoms. The van der Waals surface area contributed by atoms with Gasteiger partial charge < -0.3 is 14.5 Å². The second-order valence-corrected chi connectivity index (χ2v) is 7.33. The Bertz CT molecular complexity index is 599. The number of H-pyrrole nitrogens is 1. The van der Waals surface area contributed by atoms with Gasteiger partial charge in [-0.2, -0.15) is 5.10 Å². The van der Waals surface area contributed by atoms with Gasteiger partial charge in [0, 0.05) is 31.6 Å². The largest absolute Gasteiger partial charge is 0.371 e. The first-order chi connectivity index (χ1) is 11.7. The molecule has 2 amide bonds. The van der Waals surface area contributed by atoms with Crippen LogP contribution in [-0.4, -0.2) is 70.2 Å². The molecule has 0 saturated carbocycles. The number of aromatic nitrogens is 2. The molecule has 3 saturated heterocycles. The zero-order chi connectivity index (χ0) is 16.6. The Morgan fingerprint density at radius 3 is 2.96 bits per heavy atom. The van der Waals surface area contributed by atoms with Crippen molar-refractivity contribution >= 4 is 11.8 Å². The van der Waals surface area contributed by atoms with Gasteiger partial charge in [0.2, 0.25) is 5.91 Å². The second kappa shape index (κ2) is 6.20. The van der Waals surface area contributed by atoms with Gasteiger partial charge in [-0.25, -0.2) is 0 Å². The number of piperidine rings is 1. The Morgan fingerprint density at radius 2 is 2.29 bits per heavy atom. The predicted molar refractivity (Wildman–Crippen MR) is 86.3 cm³/mol. The van der Waals surface area contributed by atoms with Crippen molar-refractivity contribution in [3.8, 4) is 0 Å². The van der Waals surface area contributed by atoms with Crippen molar-refractivity contribution < 1.29 is 14.3 Å². The van der Waals surface area contributed by atoms with E-state index in [2.05, 4.69) is 10.2 Å². The third-order valence-electron chi connectivity index (χ3n) is 5.51. The number of nitrogens with zero attached hydrogens (tertiary/aromatic N) is 3. The number of rotatable bonds is 3. The first-order valence-electron chi connectivity index (χ1n) is 8.86. The summed E-state index contributed by atoms with van der Waals surface area (Å²) in [6.07, 6.45) is 6.46. The monoisotopic (exact) mass is 332 g/mol. The average molecular weight is 332 g/mol. The van der Waals surface area contributed by atoms with Gasteiger partial charge in [-0.1, -0.05) is 0 Å². The Morgan fingerprint density at radius 1 is 1.42 bits per heavy atom.